The Morgan fingerprint density at radius 2 is 1.81 bits per heavy atom. The molecular weight excluding hydrogens is 354 g/mol. The maximum Gasteiger partial charge on any atom is 0.235 e. The Labute approximate surface area is 134 Å². The van der Waals surface area contributed by atoms with Gasteiger partial charge in [-0.3, -0.25) is 4.72 Å². The molecule has 2 saturated carbocycles. The molecule has 2 aliphatic carbocycles. The largest absolute Gasteiger partial charge is 0.489 e. The first-order valence-electron chi connectivity index (χ1n) is 7.52. The van der Waals surface area contributed by atoms with Gasteiger partial charge < -0.3 is 4.74 Å². The molecular formula is C15H20BrNO3S. The molecule has 21 heavy (non-hydrogen) atoms. The van der Waals surface area contributed by atoms with Crippen LogP contribution in [0.4, 0.5) is 5.69 Å². The molecule has 0 spiro atoms. The summed E-state index contributed by atoms with van der Waals surface area (Å²) in [6, 6.07) is 5.37. The van der Waals surface area contributed by atoms with Crippen LogP contribution in [0, 0.1) is 0 Å². The Balaban J connectivity index is 1.72. The van der Waals surface area contributed by atoms with Crippen molar-refractivity contribution in [3.05, 3.63) is 22.7 Å². The van der Waals surface area contributed by atoms with Crippen LogP contribution in [0.2, 0.25) is 0 Å². The molecule has 1 N–H and O–H groups in total. The van der Waals surface area contributed by atoms with Crippen molar-refractivity contribution in [2.45, 2.75) is 56.3 Å². The summed E-state index contributed by atoms with van der Waals surface area (Å²) in [7, 11) is -3.22. The number of hydrogen-bond donors (Lipinski definition) is 1. The summed E-state index contributed by atoms with van der Waals surface area (Å²) in [4.78, 5) is 0. The monoisotopic (exact) mass is 373 g/mol. The minimum Gasteiger partial charge on any atom is -0.489 e. The Kier molecular flexibility index (Phi) is 4.45. The number of sulfonamides is 1. The van der Waals surface area contributed by atoms with E-state index in [1.807, 2.05) is 6.07 Å². The molecule has 2 aliphatic rings. The van der Waals surface area contributed by atoms with Gasteiger partial charge in [-0.1, -0.05) is 6.42 Å². The second-order valence-electron chi connectivity index (χ2n) is 5.87. The van der Waals surface area contributed by atoms with Gasteiger partial charge in [0.1, 0.15) is 5.75 Å². The van der Waals surface area contributed by atoms with Gasteiger partial charge >= 0.3 is 0 Å². The normalized spacial score (nSPS) is 20.2. The van der Waals surface area contributed by atoms with E-state index in [4.69, 9.17) is 4.74 Å². The quantitative estimate of drug-likeness (QED) is 0.846. The maximum atomic E-state index is 12.0. The van der Waals surface area contributed by atoms with Crippen molar-refractivity contribution >= 4 is 31.6 Å². The zero-order chi connectivity index (χ0) is 14.9. The van der Waals surface area contributed by atoms with Gasteiger partial charge in [0.05, 0.1) is 21.5 Å². The average molecular weight is 374 g/mol. The van der Waals surface area contributed by atoms with Crippen molar-refractivity contribution in [1.29, 1.82) is 0 Å². The third-order valence-electron chi connectivity index (χ3n) is 4.00. The maximum absolute atomic E-state index is 12.0. The second-order valence-corrected chi connectivity index (χ2v) is 8.68. The van der Waals surface area contributed by atoms with Gasteiger partial charge in [-0.05, 0) is 66.6 Å². The molecule has 0 heterocycles. The Morgan fingerprint density at radius 3 is 2.48 bits per heavy atom. The minimum atomic E-state index is -3.22. The highest BCUT2D eigenvalue weighted by Gasteiger charge is 2.35. The summed E-state index contributed by atoms with van der Waals surface area (Å²) >= 11 is 3.48. The van der Waals surface area contributed by atoms with Crippen LogP contribution in [0.3, 0.4) is 0 Å². The third-order valence-corrected chi connectivity index (χ3v) is 6.52. The molecule has 0 aromatic heterocycles. The molecule has 0 atom stereocenters. The van der Waals surface area contributed by atoms with Crippen LogP contribution < -0.4 is 9.46 Å². The fourth-order valence-electron chi connectivity index (χ4n) is 2.65. The molecule has 0 saturated heterocycles. The molecule has 1 aromatic rings. The number of ether oxygens (including phenoxy) is 1. The van der Waals surface area contributed by atoms with Crippen molar-refractivity contribution in [3.63, 3.8) is 0 Å². The van der Waals surface area contributed by atoms with E-state index in [0.717, 1.165) is 35.9 Å². The van der Waals surface area contributed by atoms with Crippen molar-refractivity contribution in [2.24, 2.45) is 0 Å². The smallest absolute Gasteiger partial charge is 0.235 e. The van der Waals surface area contributed by atoms with Crippen LogP contribution in [-0.4, -0.2) is 19.8 Å². The van der Waals surface area contributed by atoms with Crippen molar-refractivity contribution in [1.82, 2.24) is 0 Å². The molecule has 0 bridgehead atoms. The van der Waals surface area contributed by atoms with Gasteiger partial charge in [-0.25, -0.2) is 8.42 Å². The summed E-state index contributed by atoms with van der Waals surface area (Å²) in [5, 5.41) is -0.219. The zero-order valence-electron chi connectivity index (χ0n) is 11.8. The minimum absolute atomic E-state index is 0.219. The summed E-state index contributed by atoms with van der Waals surface area (Å²) in [5.74, 6) is 0.720. The first-order valence-corrected chi connectivity index (χ1v) is 9.86. The van der Waals surface area contributed by atoms with Gasteiger partial charge in [0.15, 0.2) is 0 Å². The van der Waals surface area contributed by atoms with Crippen molar-refractivity contribution in [2.75, 3.05) is 4.72 Å². The van der Waals surface area contributed by atoms with Gasteiger partial charge in [0.25, 0.3) is 0 Å². The molecule has 6 heteroatoms. The van der Waals surface area contributed by atoms with Gasteiger partial charge in [0.2, 0.25) is 10.0 Å². The van der Waals surface area contributed by atoms with Gasteiger partial charge in [-0.2, -0.15) is 0 Å². The lowest BCUT2D eigenvalue weighted by Gasteiger charge is -2.24. The van der Waals surface area contributed by atoms with Crippen molar-refractivity contribution < 1.29 is 13.2 Å². The molecule has 0 unspecified atom stereocenters. The van der Waals surface area contributed by atoms with E-state index in [1.165, 1.54) is 19.3 Å². The Bertz CT molecular complexity index is 607. The van der Waals surface area contributed by atoms with E-state index in [1.54, 1.807) is 12.1 Å². The molecule has 116 valence electrons. The van der Waals surface area contributed by atoms with E-state index in [-0.39, 0.29) is 11.4 Å². The predicted octanol–water partition coefficient (Wildman–Crippen LogP) is 4.06. The SMILES string of the molecule is O=S(=O)(Nc1ccc(Br)c(OC2CCCCC2)c1)C1CC1. The Morgan fingerprint density at radius 1 is 1.10 bits per heavy atom. The first kappa shape index (κ1) is 15.2. The van der Waals surface area contributed by atoms with E-state index < -0.39 is 10.0 Å². The summed E-state index contributed by atoms with van der Waals surface area (Å²) in [5.41, 5.74) is 0.580. The highest BCUT2D eigenvalue weighted by molar-refractivity contribution is 9.10. The predicted molar refractivity (Wildman–Crippen MR) is 87.2 cm³/mol. The van der Waals surface area contributed by atoms with E-state index in [0.29, 0.717) is 5.69 Å². The third kappa shape index (κ3) is 3.92. The fourth-order valence-corrected chi connectivity index (χ4v) is 4.36. The van der Waals surface area contributed by atoms with Crippen LogP contribution in [0.1, 0.15) is 44.9 Å². The number of hydrogen-bond acceptors (Lipinski definition) is 3. The lowest BCUT2D eigenvalue weighted by atomic mass is 9.98. The first-order chi connectivity index (χ1) is 10.0. The van der Waals surface area contributed by atoms with E-state index in [9.17, 15) is 8.42 Å². The molecule has 1 aromatic carbocycles. The molecule has 3 rings (SSSR count). The molecule has 0 radical (unpaired) electrons. The van der Waals surface area contributed by atoms with Gasteiger partial charge in [0, 0.05) is 6.07 Å². The number of anilines is 1. The van der Waals surface area contributed by atoms with E-state index >= 15 is 0 Å². The zero-order valence-corrected chi connectivity index (χ0v) is 14.2. The highest BCUT2D eigenvalue weighted by atomic mass is 79.9. The second kappa shape index (κ2) is 6.16. The van der Waals surface area contributed by atoms with Crippen LogP contribution >= 0.6 is 15.9 Å². The van der Waals surface area contributed by atoms with Crippen LogP contribution in [0.25, 0.3) is 0 Å². The number of benzene rings is 1. The molecule has 2 fully saturated rings. The van der Waals surface area contributed by atoms with Crippen LogP contribution in [-0.2, 0) is 10.0 Å². The lowest BCUT2D eigenvalue weighted by Crippen LogP contribution is -2.20. The number of rotatable bonds is 5. The average Bonchev–Trinajstić information content (AvgIpc) is 3.28. The molecule has 0 aliphatic heterocycles. The van der Waals surface area contributed by atoms with Crippen LogP contribution in [0.5, 0.6) is 5.75 Å². The Hall–Kier alpha value is -0.750. The molecule has 0 amide bonds. The number of nitrogens with one attached hydrogen (secondary N) is 1. The van der Waals surface area contributed by atoms with Crippen molar-refractivity contribution in [3.8, 4) is 5.75 Å². The molecule has 4 nitrogen and oxygen atoms in total. The fraction of sp³-hybridized carbons (Fsp3) is 0.600. The highest BCUT2D eigenvalue weighted by Crippen LogP contribution is 2.34. The summed E-state index contributed by atoms with van der Waals surface area (Å²) in [6.07, 6.45) is 7.60. The summed E-state index contributed by atoms with van der Waals surface area (Å²) < 4.78 is 33.5. The summed E-state index contributed by atoms with van der Waals surface area (Å²) in [6.45, 7) is 0. The lowest BCUT2D eigenvalue weighted by molar-refractivity contribution is 0.154. The standard InChI is InChI=1S/C15H20BrNO3S/c16-14-9-6-11(17-21(18,19)13-7-8-13)10-15(14)20-12-4-2-1-3-5-12/h6,9-10,12-13,17H,1-5,7-8H2. The van der Waals surface area contributed by atoms with E-state index in [2.05, 4.69) is 20.7 Å². The topological polar surface area (TPSA) is 55.4 Å². The van der Waals surface area contributed by atoms with Crippen LogP contribution in [0.15, 0.2) is 22.7 Å². The number of halogens is 1. The van der Waals surface area contributed by atoms with Gasteiger partial charge in [-0.15, -0.1) is 0 Å².